The van der Waals surface area contributed by atoms with Gasteiger partial charge in [-0.1, -0.05) is 142 Å². The van der Waals surface area contributed by atoms with Gasteiger partial charge in [-0.25, -0.2) is 0 Å². The molecule has 0 atom stereocenters. The molecule has 7 aromatic rings. The van der Waals surface area contributed by atoms with Crippen LogP contribution in [0.2, 0.25) is 0 Å². The number of rotatable bonds is 3. The average molecular weight is 660 g/mol. The molecule has 0 spiro atoms. The first-order valence-electron chi connectivity index (χ1n) is 17.5. The molecule has 0 saturated heterocycles. The number of hydrogen-bond acceptors (Lipinski definition) is 3. The van der Waals surface area contributed by atoms with Crippen LogP contribution in [0.1, 0.15) is 49.9 Å². The minimum absolute atomic E-state index is 0.116. The highest BCUT2D eigenvalue weighted by Gasteiger charge is 2.41. The maximum atomic E-state index is 3.91. The van der Waals surface area contributed by atoms with Gasteiger partial charge in [0.25, 0.3) is 0 Å². The zero-order chi connectivity index (χ0) is 33.8. The van der Waals surface area contributed by atoms with Gasteiger partial charge in [-0.2, -0.15) is 0 Å². The van der Waals surface area contributed by atoms with Gasteiger partial charge in [0.15, 0.2) is 7.28 Å². The van der Waals surface area contributed by atoms with Crippen molar-refractivity contribution in [1.82, 2.24) is 0 Å². The van der Waals surface area contributed by atoms with Crippen LogP contribution in [-0.4, -0.2) is 7.28 Å². The van der Waals surface area contributed by atoms with E-state index < -0.39 is 0 Å². The minimum atomic E-state index is -0.146. The van der Waals surface area contributed by atoms with Crippen molar-refractivity contribution in [2.24, 2.45) is 0 Å². The zero-order valence-electron chi connectivity index (χ0n) is 28.7. The van der Waals surface area contributed by atoms with Crippen LogP contribution < -0.4 is 21.1 Å². The van der Waals surface area contributed by atoms with Crippen molar-refractivity contribution in [3.05, 3.63) is 162 Å². The maximum absolute atomic E-state index is 3.91. The van der Waals surface area contributed by atoms with E-state index in [2.05, 4.69) is 185 Å². The summed E-state index contributed by atoms with van der Waals surface area (Å²) in [6.45, 7) is 9.47. The van der Waals surface area contributed by atoms with Crippen LogP contribution >= 0.6 is 11.8 Å². The highest BCUT2D eigenvalue weighted by atomic mass is 32.2. The van der Waals surface area contributed by atoms with Crippen molar-refractivity contribution >= 4 is 69.2 Å². The third-order valence-electron chi connectivity index (χ3n) is 11.3. The molecule has 1 N–H and O–H groups in total. The number of para-hydroxylation sites is 3. The minimum Gasteiger partial charge on any atom is -0.355 e. The maximum Gasteiger partial charge on any atom is 0.197 e. The van der Waals surface area contributed by atoms with Crippen LogP contribution in [0.15, 0.2) is 149 Å². The Morgan fingerprint density at radius 1 is 0.580 bits per heavy atom. The van der Waals surface area contributed by atoms with Gasteiger partial charge in [0, 0.05) is 48.9 Å². The summed E-state index contributed by atoms with van der Waals surface area (Å²) >= 11 is 1.90. The van der Waals surface area contributed by atoms with E-state index in [4.69, 9.17) is 0 Å². The zero-order valence-corrected chi connectivity index (χ0v) is 29.5. The lowest BCUT2D eigenvalue weighted by molar-refractivity contribution is 0.608. The number of benzene rings is 7. The third-order valence-corrected chi connectivity index (χ3v) is 12.4. The van der Waals surface area contributed by atoms with Crippen molar-refractivity contribution < 1.29 is 0 Å². The largest absolute Gasteiger partial charge is 0.355 e. The van der Waals surface area contributed by atoms with Crippen LogP contribution in [0.3, 0.4) is 0 Å². The second-order valence-corrected chi connectivity index (χ2v) is 16.0. The predicted octanol–water partition coefficient (Wildman–Crippen LogP) is 11.1. The van der Waals surface area contributed by atoms with Gasteiger partial charge in [0.05, 0.1) is 5.69 Å². The van der Waals surface area contributed by atoms with Crippen LogP contribution in [0, 0.1) is 0 Å². The molecule has 7 aromatic carbocycles. The molecule has 50 heavy (non-hydrogen) atoms. The van der Waals surface area contributed by atoms with E-state index in [0.717, 1.165) is 11.4 Å². The summed E-state index contributed by atoms with van der Waals surface area (Å²) in [5.74, 6) is 0. The average Bonchev–Trinajstić information content (AvgIpc) is 3.13. The molecule has 2 nitrogen and oxygen atoms in total. The lowest BCUT2D eigenvalue weighted by atomic mass is 9.55. The van der Waals surface area contributed by atoms with E-state index in [9.17, 15) is 0 Å². The van der Waals surface area contributed by atoms with E-state index in [1.54, 1.807) is 0 Å². The Balaban J connectivity index is 1.29. The SMILES string of the molecule is CC1(C)c2ccccc2Sc2cc(-c3c4c(cc5ccccc35)N3c5ccccc5C(C)(C)c5cccc(c53)[B]4)c(Nc3ccccc3)cc21. The molecule has 0 saturated carbocycles. The highest BCUT2D eigenvalue weighted by Crippen LogP contribution is 2.55. The van der Waals surface area contributed by atoms with Crippen molar-refractivity contribution in [3.8, 4) is 11.1 Å². The molecule has 0 aliphatic carbocycles. The Kier molecular flexibility index (Phi) is 6.33. The summed E-state index contributed by atoms with van der Waals surface area (Å²) in [5, 5.41) is 6.40. The van der Waals surface area contributed by atoms with Gasteiger partial charge < -0.3 is 10.2 Å². The quantitative estimate of drug-likeness (QED) is 0.190. The Bertz CT molecular complexity index is 2530. The van der Waals surface area contributed by atoms with Crippen LogP contribution in [0.5, 0.6) is 0 Å². The molecule has 239 valence electrons. The van der Waals surface area contributed by atoms with Crippen molar-refractivity contribution in [2.75, 3.05) is 10.2 Å². The van der Waals surface area contributed by atoms with E-state index >= 15 is 0 Å². The first-order valence-corrected chi connectivity index (χ1v) is 18.3. The van der Waals surface area contributed by atoms with Gasteiger partial charge in [-0.05, 0) is 86.5 Å². The summed E-state index contributed by atoms with van der Waals surface area (Å²) in [7, 11) is 2.45. The molecular weight excluding hydrogens is 623 g/mol. The second kappa shape index (κ2) is 10.7. The topological polar surface area (TPSA) is 15.3 Å². The number of hydrogen-bond donors (Lipinski definition) is 1. The Labute approximate surface area is 299 Å². The highest BCUT2D eigenvalue weighted by molar-refractivity contribution is 7.99. The molecule has 0 aromatic heterocycles. The lowest BCUT2D eigenvalue weighted by Crippen LogP contribution is -2.45. The Hall–Kier alpha value is -5.19. The number of nitrogens with one attached hydrogen (secondary N) is 1. The molecule has 1 radical (unpaired) electrons. The number of fused-ring (bicyclic) bond motifs is 7. The third kappa shape index (κ3) is 4.18. The van der Waals surface area contributed by atoms with Crippen LogP contribution in [-0.2, 0) is 10.8 Å². The summed E-state index contributed by atoms with van der Waals surface area (Å²) in [6, 6.07) is 51.6. The van der Waals surface area contributed by atoms with Gasteiger partial charge in [0.1, 0.15) is 0 Å². The number of nitrogens with zero attached hydrogens (tertiary/aromatic N) is 1. The predicted molar refractivity (Wildman–Crippen MR) is 214 cm³/mol. The smallest absolute Gasteiger partial charge is 0.197 e. The molecule has 3 aliphatic rings. The van der Waals surface area contributed by atoms with Gasteiger partial charge in [-0.15, -0.1) is 0 Å². The number of anilines is 5. The molecule has 3 aliphatic heterocycles. The molecule has 0 fully saturated rings. The molecule has 0 amide bonds. The Morgan fingerprint density at radius 2 is 1.28 bits per heavy atom. The molecular formula is C46H36BN2S. The standard InChI is InChI=1S/C46H36BN2S/c1-45(2)32-19-10-12-23-38(32)49-39-25-28-15-8-9-18-30(28)42(43(39)47-36-22-14-21-34(45)44(36)49)31-26-41-35(27-37(31)48-29-16-6-5-7-17-29)46(3,4)33-20-11-13-24-40(33)50-41/h5-27,48H,1-4H3. The molecule has 0 bridgehead atoms. The van der Waals surface area contributed by atoms with Crippen LogP contribution in [0.4, 0.5) is 28.4 Å². The lowest BCUT2D eigenvalue weighted by Gasteiger charge is -2.46. The first kappa shape index (κ1) is 29.7. The van der Waals surface area contributed by atoms with Crippen molar-refractivity contribution in [1.29, 1.82) is 0 Å². The fourth-order valence-electron chi connectivity index (χ4n) is 8.75. The molecule has 4 heteroatoms. The van der Waals surface area contributed by atoms with Gasteiger partial charge in [0.2, 0.25) is 0 Å². The van der Waals surface area contributed by atoms with E-state index in [-0.39, 0.29) is 10.8 Å². The second-order valence-electron chi connectivity index (χ2n) is 14.9. The van der Waals surface area contributed by atoms with Crippen molar-refractivity contribution in [2.45, 2.75) is 48.3 Å². The Morgan fingerprint density at radius 3 is 2.14 bits per heavy atom. The normalized spacial score (nSPS) is 15.6. The van der Waals surface area contributed by atoms with Crippen LogP contribution in [0.25, 0.3) is 21.9 Å². The summed E-state index contributed by atoms with van der Waals surface area (Å²) in [6.07, 6.45) is 0. The van der Waals surface area contributed by atoms with E-state index in [1.807, 2.05) is 11.8 Å². The van der Waals surface area contributed by atoms with E-state index in [0.29, 0.717) is 0 Å². The summed E-state index contributed by atoms with van der Waals surface area (Å²) < 4.78 is 0. The van der Waals surface area contributed by atoms with Gasteiger partial charge >= 0.3 is 0 Å². The summed E-state index contributed by atoms with van der Waals surface area (Å²) in [4.78, 5) is 5.20. The monoisotopic (exact) mass is 659 g/mol. The van der Waals surface area contributed by atoms with E-state index in [1.165, 1.54) is 81.9 Å². The molecule has 3 heterocycles. The fraction of sp³-hybridized carbons (Fsp3) is 0.130. The first-order chi connectivity index (χ1) is 24.3. The molecule has 0 unspecified atom stereocenters. The van der Waals surface area contributed by atoms with Crippen molar-refractivity contribution in [3.63, 3.8) is 0 Å². The summed E-state index contributed by atoms with van der Waals surface area (Å²) in [5.41, 5.74) is 16.1. The molecule has 10 rings (SSSR count). The van der Waals surface area contributed by atoms with Gasteiger partial charge in [-0.3, -0.25) is 0 Å². The fourth-order valence-corrected chi connectivity index (χ4v) is 10.2.